The molecule has 3 heteroatoms. The Morgan fingerprint density at radius 1 is 0.900 bits per heavy atom. The summed E-state index contributed by atoms with van der Waals surface area (Å²) in [6.07, 6.45) is 12.3. The molecule has 1 spiro atoms. The summed E-state index contributed by atoms with van der Waals surface area (Å²) in [5, 5.41) is 0. The predicted octanol–water partition coefficient (Wildman–Crippen LogP) is 5.49. The number of ketones is 1. The summed E-state index contributed by atoms with van der Waals surface area (Å²) in [5.74, 6) is 0.748. The van der Waals surface area contributed by atoms with E-state index in [1.807, 2.05) is 6.08 Å². The SMILES string of the molecule is O=C1C=CC2=N[C@@]34CCCC[C@@H]3[C@H](c3ccccc3)C=C(c3ccccc3)N4C2=C1. The first-order valence-electron chi connectivity index (χ1n) is 10.9. The Kier molecular flexibility index (Phi) is 3.92. The first-order chi connectivity index (χ1) is 14.8. The number of rotatable bonds is 2. The van der Waals surface area contributed by atoms with Crippen molar-refractivity contribution < 1.29 is 4.79 Å². The molecule has 0 bridgehead atoms. The number of fused-ring (bicyclic) bond motifs is 2. The maximum absolute atomic E-state index is 12.3. The van der Waals surface area contributed by atoms with E-state index in [0.717, 1.165) is 30.7 Å². The molecule has 0 amide bonds. The van der Waals surface area contributed by atoms with Gasteiger partial charge >= 0.3 is 0 Å². The zero-order valence-corrected chi connectivity index (χ0v) is 16.9. The highest BCUT2D eigenvalue weighted by molar-refractivity contribution is 6.21. The molecule has 0 aromatic heterocycles. The van der Waals surface area contributed by atoms with E-state index in [0.29, 0.717) is 11.8 Å². The summed E-state index contributed by atoms with van der Waals surface area (Å²) in [4.78, 5) is 20.1. The molecular weight excluding hydrogens is 368 g/mol. The summed E-state index contributed by atoms with van der Waals surface area (Å²) in [6.45, 7) is 0. The number of benzene rings is 2. The third-order valence-electron chi connectivity index (χ3n) is 7.06. The monoisotopic (exact) mass is 392 g/mol. The lowest BCUT2D eigenvalue weighted by atomic mass is 9.66. The van der Waals surface area contributed by atoms with Crippen molar-refractivity contribution in [3.05, 3.63) is 102 Å². The van der Waals surface area contributed by atoms with Gasteiger partial charge in [-0.1, -0.05) is 73.2 Å². The van der Waals surface area contributed by atoms with Crippen molar-refractivity contribution in [2.75, 3.05) is 0 Å². The molecular formula is C27H24N2O. The summed E-state index contributed by atoms with van der Waals surface area (Å²) < 4.78 is 0. The van der Waals surface area contributed by atoms with Crippen LogP contribution in [-0.4, -0.2) is 22.1 Å². The molecule has 2 aliphatic heterocycles. The van der Waals surface area contributed by atoms with Gasteiger partial charge in [0.05, 0.1) is 11.4 Å². The van der Waals surface area contributed by atoms with Crippen LogP contribution in [0.15, 0.2) is 95.7 Å². The standard InChI is InChI=1S/C27H24N2O/c30-21-14-15-24-26(17-21)29-25(20-11-5-2-6-12-20)18-22(19-9-3-1-4-10-19)23-13-7-8-16-27(23,29)28-24/h1-6,9-12,14-15,17-18,22-23H,7-8,13,16H2/t22-,23+,27+/m0/s1. The molecule has 2 aliphatic carbocycles. The van der Waals surface area contributed by atoms with Crippen molar-refractivity contribution in [3.8, 4) is 0 Å². The van der Waals surface area contributed by atoms with Crippen LogP contribution in [0.25, 0.3) is 5.70 Å². The number of aliphatic imine (C=N–C) groups is 1. The Bertz CT molecular complexity index is 1130. The zero-order valence-electron chi connectivity index (χ0n) is 16.9. The van der Waals surface area contributed by atoms with E-state index in [9.17, 15) is 4.79 Å². The van der Waals surface area contributed by atoms with Crippen LogP contribution < -0.4 is 0 Å². The summed E-state index contributed by atoms with van der Waals surface area (Å²) >= 11 is 0. The van der Waals surface area contributed by atoms with Crippen LogP contribution in [0.4, 0.5) is 0 Å². The molecule has 0 saturated heterocycles. The summed E-state index contributed by atoms with van der Waals surface area (Å²) in [6, 6.07) is 21.4. The minimum Gasteiger partial charge on any atom is -0.313 e. The van der Waals surface area contributed by atoms with E-state index in [1.165, 1.54) is 23.2 Å². The number of allylic oxidation sites excluding steroid dienone is 4. The van der Waals surface area contributed by atoms with Crippen molar-refractivity contribution >= 4 is 17.2 Å². The van der Waals surface area contributed by atoms with Gasteiger partial charge in [0.2, 0.25) is 0 Å². The van der Waals surface area contributed by atoms with Gasteiger partial charge in [-0.25, -0.2) is 0 Å². The minimum atomic E-state index is -0.311. The first kappa shape index (κ1) is 17.6. The molecule has 0 radical (unpaired) electrons. The number of hydrogen-bond acceptors (Lipinski definition) is 3. The molecule has 2 heterocycles. The van der Waals surface area contributed by atoms with Gasteiger partial charge in [0.15, 0.2) is 5.78 Å². The summed E-state index contributed by atoms with van der Waals surface area (Å²) in [7, 11) is 0. The highest BCUT2D eigenvalue weighted by Gasteiger charge is 2.56. The van der Waals surface area contributed by atoms with E-state index in [1.54, 1.807) is 12.2 Å². The highest BCUT2D eigenvalue weighted by atomic mass is 16.1. The van der Waals surface area contributed by atoms with Crippen LogP contribution in [0.2, 0.25) is 0 Å². The van der Waals surface area contributed by atoms with Gasteiger partial charge in [0.25, 0.3) is 0 Å². The summed E-state index contributed by atoms with van der Waals surface area (Å²) in [5.41, 5.74) is 5.33. The van der Waals surface area contributed by atoms with E-state index < -0.39 is 0 Å². The van der Waals surface area contributed by atoms with Crippen LogP contribution in [0, 0.1) is 5.92 Å². The van der Waals surface area contributed by atoms with Crippen LogP contribution >= 0.6 is 0 Å². The molecule has 1 saturated carbocycles. The van der Waals surface area contributed by atoms with Gasteiger partial charge < -0.3 is 4.90 Å². The molecule has 148 valence electrons. The van der Waals surface area contributed by atoms with Crippen LogP contribution in [0.5, 0.6) is 0 Å². The number of hydrogen-bond donors (Lipinski definition) is 0. The lowest BCUT2D eigenvalue weighted by Crippen LogP contribution is -2.54. The maximum Gasteiger partial charge on any atom is 0.180 e. The van der Waals surface area contributed by atoms with Crippen molar-refractivity contribution in [2.45, 2.75) is 37.3 Å². The molecule has 2 aromatic rings. The van der Waals surface area contributed by atoms with Crippen molar-refractivity contribution in [1.82, 2.24) is 4.90 Å². The van der Waals surface area contributed by atoms with E-state index in [4.69, 9.17) is 4.99 Å². The molecule has 2 aromatic carbocycles. The number of carbonyl (C=O) groups is 1. The third kappa shape index (κ3) is 2.51. The molecule has 0 N–H and O–H groups in total. The quantitative estimate of drug-likeness (QED) is 0.633. The number of carbonyl (C=O) groups excluding carboxylic acids is 1. The normalized spacial score (nSPS) is 29.4. The minimum absolute atomic E-state index is 0.0472. The van der Waals surface area contributed by atoms with E-state index in [2.05, 4.69) is 71.6 Å². The Labute approximate surface area is 177 Å². The van der Waals surface area contributed by atoms with Gasteiger partial charge in [-0.2, -0.15) is 0 Å². The topological polar surface area (TPSA) is 32.7 Å². The first-order valence-corrected chi connectivity index (χ1v) is 10.9. The molecule has 3 atom stereocenters. The highest BCUT2D eigenvalue weighted by Crippen LogP contribution is 2.57. The molecule has 30 heavy (non-hydrogen) atoms. The Balaban J connectivity index is 1.61. The van der Waals surface area contributed by atoms with Gasteiger partial charge in [-0.05, 0) is 42.5 Å². The fraction of sp³-hybridized carbons (Fsp3) is 0.259. The molecule has 0 unspecified atom stereocenters. The molecule has 4 aliphatic rings. The second-order valence-electron chi connectivity index (χ2n) is 8.68. The maximum atomic E-state index is 12.3. The third-order valence-corrected chi connectivity index (χ3v) is 7.06. The molecule has 3 nitrogen and oxygen atoms in total. The smallest absolute Gasteiger partial charge is 0.180 e. The van der Waals surface area contributed by atoms with Crippen molar-refractivity contribution in [2.24, 2.45) is 10.9 Å². The van der Waals surface area contributed by atoms with Gasteiger partial charge in [-0.15, -0.1) is 0 Å². The van der Waals surface area contributed by atoms with Crippen molar-refractivity contribution in [1.29, 1.82) is 0 Å². The lowest BCUT2D eigenvalue weighted by molar-refractivity contribution is -0.110. The van der Waals surface area contributed by atoms with Crippen LogP contribution in [-0.2, 0) is 4.79 Å². The largest absolute Gasteiger partial charge is 0.313 e. The Morgan fingerprint density at radius 3 is 2.47 bits per heavy atom. The second-order valence-corrected chi connectivity index (χ2v) is 8.68. The average Bonchev–Trinajstić information content (AvgIpc) is 3.12. The molecule has 6 rings (SSSR count). The van der Waals surface area contributed by atoms with Gasteiger partial charge in [-0.3, -0.25) is 9.79 Å². The van der Waals surface area contributed by atoms with E-state index >= 15 is 0 Å². The average molecular weight is 393 g/mol. The van der Waals surface area contributed by atoms with Gasteiger partial charge in [0, 0.05) is 23.6 Å². The Hall–Kier alpha value is -3.20. The number of nitrogens with zero attached hydrogens (tertiary/aromatic N) is 2. The van der Waals surface area contributed by atoms with Gasteiger partial charge in [0.1, 0.15) is 5.66 Å². The van der Waals surface area contributed by atoms with E-state index in [-0.39, 0.29) is 11.4 Å². The van der Waals surface area contributed by atoms with Crippen LogP contribution in [0.1, 0.15) is 42.7 Å². The fourth-order valence-corrected chi connectivity index (χ4v) is 5.83. The second kappa shape index (κ2) is 6.66. The zero-order chi connectivity index (χ0) is 20.1. The van der Waals surface area contributed by atoms with Crippen molar-refractivity contribution in [3.63, 3.8) is 0 Å². The predicted molar refractivity (Wildman–Crippen MR) is 120 cm³/mol. The Morgan fingerprint density at radius 2 is 1.67 bits per heavy atom. The molecule has 1 fully saturated rings. The van der Waals surface area contributed by atoms with Crippen LogP contribution in [0.3, 0.4) is 0 Å². The lowest BCUT2D eigenvalue weighted by Gasteiger charge is -2.53. The fourth-order valence-electron chi connectivity index (χ4n) is 5.83.